The molecule has 1 aliphatic heterocycles. The maximum Gasteiger partial charge on any atom is 0.146 e. The van der Waals surface area contributed by atoms with Gasteiger partial charge in [0.05, 0.1) is 11.6 Å². The lowest BCUT2D eigenvalue weighted by molar-refractivity contribution is 0.102. The quantitative estimate of drug-likeness (QED) is 0.738. The third-order valence-electron chi connectivity index (χ3n) is 2.16. The molecule has 80 valence electrons. The second-order valence-corrected chi connectivity index (χ2v) is 5.27. The number of halogens is 3. The molecule has 0 N–H and O–H groups in total. The van der Waals surface area contributed by atoms with Crippen molar-refractivity contribution in [3.8, 4) is 0 Å². The molecule has 0 aliphatic carbocycles. The van der Waals surface area contributed by atoms with Crippen molar-refractivity contribution < 1.29 is 4.84 Å². The summed E-state index contributed by atoms with van der Waals surface area (Å²) in [7, 11) is 0. The summed E-state index contributed by atoms with van der Waals surface area (Å²) >= 11 is 12.6. The summed E-state index contributed by atoms with van der Waals surface area (Å²) < 4.78 is 2.04. The maximum atomic E-state index is 5.70. The molecule has 1 aromatic rings. The Labute approximate surface area is 110 Å². The van der Waals surface area contributed by atoms with E-state index in [0.29, 0.717) is 5.88 Å². The van der Waals surface area contributed by atoms with Crippen LogP contribution < -0.4 is 0 Å². The van der Waals surface area contributed by atoms with E-state index in [-0.39, 0.29) is 6.10 Å². The van der Waals surface area contributed by atoms with E-state index in [2.05, 4.69) is 37.0 Å². The van der Waals surface area contributed by atoms with Crippen LogP contribution in [-0.4, -0.2) is 17.7 Å². The fourth-order valence-electron chi connectivity index (χ4n) is 1.36. The topological polar surface area (TPSA) is 21.6 Å². The van der Waals surface area contributed by atoms with Gasteiger partial charge in [-0.1, -0.05) is 11.2 Å². The first kappa shape index (κ1) is 11.4. The number of hydrogen-bond acceptors (Lipinski definition) is 2. The van der Waals surface area contributed by atoms with E-state index in [1.807, 2.05) is 18.2 Å². The van der Waals surface area contributed by atoms with Gasteiger partial charge >= 0.3 is 0 Å². The van der Waals surface area contributed by atoms with Crippen molar-refractivity contribution in [3.05, 3.63) is 32.7 Å². The molecule has 0 saturated heterocycles. The average Bonchev–Trinajstić information content (AvgIpc) is 2.70. The van der Waals surface area contributed by atoms with Crippen LogP contribution in [0.25, 0.3) is 0 Å². The highest BCUT2D eigenvalue weighted by atomic mass is 79.9. The van der Waals surface area contributed by atoms with Crippen LogP contribution in [0.4, 0.5) is 0 Å². The average molecular weight is 353 g/mol. The number of hydrogen-bond donors (Lipinski definition) is 0. The molecule has 15 heavy (non-hydrogen) atoms. The fraction of sp³-hybridized carbons (Fsp3) is 0.300. The van der Waals surface area contributed by atoms with E-state index >= 15 is 0 Å². The second kappa shape index (κ2) is 4.85. The summed E-state index contributed by atoms with van der Waals surface area (Å²) in [5.74, 6) is 0.477. The van der Waals surface area contributed by atoms with E-state index in [0.717, 1.165) is 26.6 Å². The van der Waals surface area contributed by atoms with E-state index in [1.54, 1.807) is 0 Å². The highest BCUT2D eigenvalue weighted by Crippen LogP contribution is 2.26. The van der Waals surface area contributed by atoms with Gasteiger partial charge in [-0.25, -0.2) is 0 Å². The molecule has 2 rings (SSSR count). The van der Waals surface area contributed by atoms with Crippen LogP contribution in [0.5, 0.6) is 0 Å². The Bertz CT molecular complexity index is 408. The monoisotopic (exact) mass is 351 g/mol. The molecule has 1 aromatic carbocycles. The van der Waals surface area contributed by atoms with Gasteiger partial charge in [-0.05, 0) is 44.0 Å². The minimum atomic E-state index is 0.0177. The molecule has 0 amide bonds. The normalized spacial score (nSPS) is 19.9. The zero-order valence-corrected chi connectivity index (χ0v) is 11.6. The zero-order chi connectivity index (χ0) is 10.8. The van der Waals surface area contributed by atoms with E-state index in [4.69, 9.17) is 16.4 Å². The molecule has 0 aromatic heterocycles. The fourth-order valence-corrected chi connectivity index (χ4v) is 2.15. The summed E-state index contributed by atoms with van der Waals surface area (Å²) in [6, 6.07) is 6.01. The van der Waals surface area contributed by atoms with E-state index < -0.39 is 0 Å². The molecular weight excluding hydrogens is 345 g/mol. The van der Waals surface area contributed by atoms with Crippen LogP contribution in [0.3, 0.4) is 0 Å². The Morgan fingerprint density at radius 2 is 2.20 bits per heavy atom. The van der Waals surface area contributed by atoms with Crippen molar-refractivity contribution in [2.24, 2.45) is 5.16 Å². The molecule has 0 saturated carbocycles. The Morgan fingerprint density at radius 3 is 2.80 bits per heavy atom. The molecule has 1 aliphatic rings. The first-order valence-corrected chi connectivity index (χ1v) is 6.57. The number of rotatable bonds is 2. The highest BCUT2D eigenvalue weighted by molar-refractivity contribution is 9.13. The summed E-state index contributed by atoms with van der Waals surface area (Å²) in [5, 5.41) is 4.03. The molecule has 1 unspecified atom stereocenters. The van der Waals surface area contributed by atoms with Crippen LogP contribution in [0, 0.1) is 0 Å². The first-order chi connectivity index (χ1) is 7.20. The van der Waals surface area contributed by atoms with E-state index in [1.165, 1.54) is 0 Å². The Balaban J connectivity index is 2.21. The molecule has 0 bridgehead atoms. The lowest BCUT2D eigenvalue weighted by Gasteiger charge is -2.02. The lowest BCUT2D eigenvalue weighted by atomic mass is 10.1. The minimum absolute atomic E-state index is 0.0177. The third-order valence-corrected chi connectivity index (χ3v) is 4.38. The van der Waals surface area contributed by atoms with Crippen molar-refractivity contribution in [2.75, 3.05) is 5.88 Å². The summed E-state index contributed by atoms with van der Waals surface area (Å²) in [6.07, 6.45) is 0.793. The van der Waals surface area contributed by atoms with E-state index in [9.17, 15) is 0 Å². The number of oxime groups is 1. The number of alkyl halides is 1. The van der Waals surface area contributed by atoms with Gasteiger partial charge in [0.25, 0.3) is 0 Å². The van der Waals surface area contributed by atoms with Crippen molar-refractivity contribution in [3.63, 3.8) is 0 Å². The molecular formula is C10H8Br2ClNO. The largest absolute Gasteiger partial charge is 0.391 e. The summed E-state index contributed by atoms with van der Waals surface area (Å²) in [4.78, 5) is 5.17. The first-order valence-electron chi connectivity index (χ1n) is 4.45. The molecule has 0 radical (unpaired) electrons. The van der Waals surface area contributed by atoms with Gasteiger partial charge in [-0.3, -0.25) is 0 Å². The van der Waals surface area contributed by atoms with Gasteiger partial charge < -0.3 is 4.84 Å². The number of benzene rings is 1. The molecule has 0 fully saturated rings. The Kier molecular flexibility index (Phi) is 3.69. The maximum absolute atomic E-state index is 5.70. The van der Waals surface area contributed by atoms with Crippen molar-refractivity contribution in [1.29, 1.82) is 0 Å². The van der Waals surface area contributed by atoms with Gasteiger partial charge in [0.1, 0.15) is 6.10 Å². The summed E-state index contributed by atoms with van der Waals surface area (Å²) in [5.41, 5.74) is 2.02. The van der Waals surface area contributed by atoms with Gasteiger partial charge in [0, 0.05) is 20.9 Å². The second-order valence-electron chi connectivity index (χ2n) is 3.25. The Morgan fingerprint density at radius 1 is 1.40 bits per heavy atom. The minimum Gasteiger partial charge on any atom is -0.391 e. The van der Waals surface area contributed by atoms with Crippen LogP contribution in [0.1, 0.15) is 12.0 Å². The highest BCUT2D eigenvalue weighted by Gasteiger charge is 2.21. The molecule has 5 heteroatoms. The van der Waals surface area contributed by atoms with Crippen LogP contribution >= 0.6 is 43.5 Å². The van der Waals surface area contributed by atoms with Crippen molar-refractivity contribution in [1.82, 2.24) is 0 Å². The van der Waals surface area contributed by atoms with Crippen LogP contribution in [-0.2, 0) is 4.84 Å². The predicted molar refractivity (Wildman–Crippen MR) is 68.6 cm³/mol. The smallest absolute Gasteiger partial charge is 0.146 e. The van der Waals surface area contributed by atoms with Crippen LogP contribution in [0.2, 0.25) is 0 Å². The summed E-state index contributed by atoms with van der Waals surface area (Å²) in [6.45, 7) is 0. The van der Waals surface area contributed by atoms with Gasteiger partial charge in [-0.2, -0.15) is 0 Å². The predicted octanol–water partition coefficient (Wildman–Crippen LogP) is 3.94. The zero-order valence-electron chi connectivity index (χ0n) is 7.71. The molecule has 2 nitrogen and oxygen atoms in total. The third kappa shape index (κ3) is 2.55. The van der Waals surface area contributed by atoms with Gasteiger partial charge in [0.2, 0.25) is 0 Å². The van der Waals surface area contributed by atoms with Crippen molar-refractivity contribution >= 4 is 49.2 Å². The molecule has 1 heterocycles. The molecule has 0 spiro atoms. The SMILES string of the molecule is ClCC1CC(c2ccc(Br)c(Br)c2)=NO1. The van der Waals surface area contributed by atoms with Crippen molar-refractivity contribution in [2.45, 2.75) is 12.5 Å². The number of nitrogens with zero attached hydrogens (tertiary/aromatic N) is 1. The van der Waals surface area contributed by atoms with Crippen LogP contribution in [0.15, 0.2) is 32.3 Å². The van der Waals surface area contributed by atoms with Gasteiger partial charge in [-0.15, -0.1) is 11.6 Å². The van der Waals surface area contributed by atoms with Gasteiger partial charge in [0.15, 0.2) is 0 Å². The Hall–Kier alpha value is -0.0600. The molecule has 1 atom stereocenters. The standard InChI is InChI=1S/C10H8Br2ClNO/c11-8-2-1-6(3-9(8)12)10-4-7(5-13)15-14-10/h1-3,7H,4-5H2. The lowest BCUT2D eigenvalue weighted by Crippen LogP contribution is -2.09.